The summed E-state index contributed by atoms with van der Waals surface area (Å²) in [6.45, 7) is 1.23. The quantitative estimate of drug-likeness (QED) is 0.657. The SMILES string of the molecule is COc1ccc(Cl)cc1S(=O)(=O)N[C@H](C)C(=O)Nc1ccc(Cl)c(C(F)(F)F)c1. The van der Waals surface area contributed by atoms with Crippen molar-refractivity contribution in [3.05, 3.63) is 52.0 Å². The normalized spacial score (nSPS) is 13.1. The van der Waals surface area contributed by atoms with Gasteiger partial charge in [0.15, 0.2) is 0 Å². The van der Waals surface area contributed by atoms with E-state index >= 15 is 0 Å². The lowest BCUT2D eigenvalue weighted by atomic mass is 10.2. The third-order valence-corrected chi connectivity index (χ3v) is 5.81. The van der Waals surface area contributed by atoms with Crippen molar-refractivity contribution >= 4 is 44.8 Å². The predicted octanol–water partition coefficient (Wildman–Crippen LogP) is 4.33. The minimum absolute atomic E-state index is 0.00188. The van der Waals surface area contributed by atoms with E-state index < -0.39 is 38.7 Å². The molecule has 0 bridgehead atoms. The van der Waals surface area contributed by atoms with Crippen LogP contribution in [0.15, 0.2) is 41.3 Å². The third-order valence-electron chi connectivity index (χ3n) is 3.68. The van der Waals surface area contributed by atoms with Gasteiger partial charge >= 0.3 is 6.18 Å². The summed E-state index contributed by atoms with van der Waals surface area (Å²) in [6.07, 6.45) is -4.71. The minimum atomic E-state index is -4.71. The molecule has 6 nitrogen and oxygen atoms in total. The Bertz CT molecular complexity index is 1030. The highest BCUT2D eigenvalue weighted by Crippen LogP contribution is 2.36. The molecule has 158 valence electrons. The van der Waals surface area contributed by atoms with Crippen LogP contribution in [0, 0.1) is 0 Å². The molecule has 29 heavy (non-hydrogen) atoms. The number of carbonyl (C=O) groups is 1. The molecule has 2 rings (SSSR count). The molecule has 0 spiro atoms. The van der Waals surface area contributed by atoms with Gasteiger partial charge in [0.2, 0.25) is 15.9 Å². The molecule has 1 amide bonds. The van der Waals surface area contributed by atoms with Gasteiger partial charge < -0.3 is 10.1 Å². The van der Waals surface area contributed by atoms with Gasteiger partial charge in [0.05, 0.1) is 23.7 Å². The second-order valence-electron chi connectivity index (χ2n) is 5.82. The summed E-state index contributed by atoms with van der Waals surface area (Å²) >= 11 is 11.4. The van der Waals surface area contributed by atoms with Crippen LogP contribution in [0.1, 0.15) is 12.5 Å². The lowest BCUT2D eigenvalue weighted by molar-refractivity contribution is -0.137. The largest absolute Gasteiger partial charge is 0.495 e. The van der Waals surface area contributed by atoms with Gasteiger partial charge in [0.25, 0.3) is 0 Å². The van der Waals surface area contributed by atoms with Crippen LogP contribution in [0.3, 0.4) is 0 Å². The Morgan fingerprint density at radius 1 is 1.14 bits per heavy atom. The molecule has 0 unspecified atom stereocenters. The maximum Gasteiger partial charge on any atom is 0.417 e. The van der Waals surface area contributed by atoms with Gasteiger partial charge in [-0.15, -0.1) is 0 Å². The number of alkyl halides is 3. The van der Waals surface area contributed by atoms with Crippen LogP contribution in [0.2, 0.25) is 10.0 Å². The molecule has 0 fully saturated rings. The number of hydrogen-bond acceptors (Lipinski definition) is 4. The number of amides is 1. The molecule has 0 saturated heterocycles. The van der Waals surface area contributed by atoms with Gasteiger partial charge in [-0.25, -0.2) is 8.42 Å². The number of halogens is 5. The van der Waals surface area contributed by atoms with Gasteiger partial charge in [-0.05, 0) is 43.3 Å². The van der Waals surface area contributed by atoms with Crippen LogP contribution in [0.4, 0.5) is 18.9 Å². The second-order valence-corrected chi connectivity index (χ2v) is 8.35. The number of benzene rings is 2. The zero-order chi connectivity index (χ0) is 22.0. The molecule has 0 aliphatic heterocycles. The first kappa shape index (κ1) is 23.3. The lowest BCUT2D eigenvalue weighted by Crippen LogP contribution is -2.41. The van der Waals surface area contributed by atoms with E-state index in [0.717, 1.165) is 18.2 Å². The monoisotopic (exact) mass is 470 g/mol. The van der Waals surface area contributed by atoms with E-state index in [1.165, 1.54) is 26.2 Å². The summed E-state index contributed by atoms with van der Waals surface area (Å²) in [6, 6.07) is 5.38. The van der Waals surface area contributed by atoms with E-state index in [0.29, 0.717) is 6.07 Å². The Balaban J connectivity index is 2.20. The van der Waals surface area contributed by atoms with Gasteiger partial charge in [0.1, 0.15) is 10.6 Å². The van der Waals surface area contributed by atoms with Crippen molar-refractivity contribution in [3.8, 4) is 5.75 Å². The number of methoxy groups -OCH3 is 1. The fraction of sp³-hybridized carbons (Fsp3) is 0.235. The molecule has 0 aliphatic carbocycles. The van der Waals surface area contributed by atoms with Crippen molar-refractivity contribution in [1.29, 1.82) is 0 Å². The fourth-order valence-electron chi connectivity index (χ4n) is 2.28. The van der Waals surface area contributed by atoms with E-state index in [9.17, 15) is 26.4 Å². The molecular formula is C17H15Cl2F3N2O4S. The number of nitrogens with one attached hydrogen (secondary N) is 2. The predicted molar refractivity (Wildman–Crippen MR) is 103 cm³/mol. The van der Waals surface area contributed by atoms with Crippen molar-refractivity contribution in [2.45, 2.75) is 24.0 Å². The van der Waals surface area contributed by atoms with Crippen molar-refractivity contribution in [3.63, 3.8) is 0 Å². The van der Waals surface area contributed by atoms with E-state index in [-0.39, 0.29) is 21.4 Å². The Morgan fingerprint density at radius 2 is 1.79 bits per heavy atom. The lowest BCUT2D eigenvalue weighted by Gasteiger charge is -2.17. The second kappa shape index (κ2) is 8.78. The highest BCUT2D eigenvalue weighted by Gasteiger charge is 2.33. The average Bonchev–Trinajstić information content (AvgIpc) is 2.61. The molecule has 2 N–H and O–H groups in total. The molecule has 2 aromatic rings. The fourth-order valence-corrected chi connectivity index (χ4v) is 4.14. The molecule has 1 atom stereocenters. The molecule has 0 aliphatic rings. The molecule has 12 heteroatoms. The number of anilines is 1. The van der Waals surface area contributed by atoms with Gasteiger partial charge in [-0.1, -0.05) is 23.2 Å². The van der Waals surface area contributed by atoms with Crippen LogP contribution in [-0.4, -0.2) is 27.5 Å². The van der Waals surface area contributed by atoms with Gasteiger partial charge in [0, 0.05) is 10.7 Å². The topological polar surface area (TPSA) is 84.5 Å². The zero-order valence-corrected chi connectivity index (χ0v) is 17.3. The molecule has 0 aromatic heterocycles. The van der Waals surface area contributed by atoms with Crippen LogP contribution < -0.4 is 14.8 Å². The Labute approximate surface area is 175 Å². The minimum Gasteiger partial charge on any atom is -0.495 e. The Morgan fingerprint density at radius 3 is 2.38 bits per heavy atom. The first-order chi connectivity index (χ1) is 13.3. The van der Waals surface area contributed by atoms with Crippen molar-refractivity contribution < 1.29 is 31.1 Å². The van der Waals surface area contributed by atoms with Gasteiger partial charge in [-0.2, -0.15) is 17.9 Å². The maximum absolute atomic E-state index is 12.9. The third kappa shape index (κ3) is 5.75. The van der Waals surface area contributed by atoms with Crippen molar-refractivity contribution in [2.75, 3.05) is 12.4 Å². The van der Waals surface area contributed by atoms with E-state index in [1.54, 1.807) is 0 Å². The van der Waals surface area contributed by atoms with E-state index in [2.05, 4.69) is 10.0 Å². The first-order valence-electron chi connectivity index (χ1n) is 7.88. The molecule has 0 heterocycles. The van der Waals surface area contributed by atoms with Crippen LogP contribution in [-0.2, 0) is 21.0 Å². The van der Waals surface area contributed by atoms with Crippen LogP contribution in [0.25, 0.3) is 0 Å². The Hall–Kier alpha value is -2.01. The van der Waals surface area contributed by atoms with E-state index in [4.69, 9.17) is 27.9 Å². The first-order valence-corrected chi connectivity index (χ1v) is 10.1. The molecule has 0 radical (unpaired) electrons. The maximum atomic E-state index is 12.9. The summed E-state index contributed by atoms with van der Waals surface area (Å²) in [5.41, 5.74) is -1.33. The number of ether oxygens (including phenoxy) is 1. The summed E-state index contributed by atoms with van der Waals surface area (Å²) in [7, 11) is -2.96. The zero-order valence-electron chi connectivity index (χ0n) is 15.0. The molecular weight excluding hydrogens is 456 g/mol. The highest BCUT2D eigenvalue weighted by atomic mass is 35.5. The number of rotatable bonds is 6. The smallest absolute Gasteiger partial charge is 0.417 e. The van der Waals surface area contributed by atoms with E-state index in [1.807, 2.05) is 0 Å². The summed E-state index contributed by atoms with van der Waals surface area (Å²) in [5.74, 6) is -0.882. The van der Waals surface area contributed by atoms with Crippen molar-refractivity contribution in [2.24, 2.45) is 0 Å². The average molecular weight is 471 g/mol. The summed E-state index contributed by atoms with van der Waals surface area (Å²) < 4.78 is 71.0. The summed E-state index contributed by atoms with van der Waals surface area (Å²) in [5, 5.41) is 1.81. The van der Waals surface area contributed by atoms with Crippen LogP contribution >= 0.6 is 23.2 Å². The number of sulfonamides is 1. The van der Waals surface area contributed by atoms with Crippen molar-refractivity contribution in [1.82, 2.24) is 4.72 Å². The standard InChI is InChI=1S/C17H15Cl2F3N2O4S/c1-9(24-29(26,27)15-7-10(18)3-6-14(15)28-2)16(25)23-11-4-5-13(19)12(8-11)17(20,21)22/h3-9,24H,1-2H3,(H,23,25)/t9-/m1/s1. The number of hydrogen-bond donors (Lipinski definition) is 2. The van der Waals surface area contributed by atoms with Gasteiger partial charge in [-0.3, -0.25) is 4.79 Å². The summed E-state index contributed by atoms with van der Waals surface area (Å²) in [4.78, 5) is 12.0. The highest BCUT2D eigenvalue weighted by molar-refractivity contribution is 7.89. The molecule has 2 aromatic carbocycles. The Kier molecular flexibility index (Phi) is 7.05. The van der Waals surface area contributed by atoms with Crippen LogP contribution in [0.5, 0.6) is 5.75 Å². The number of carbonyl (C=O) groups excluding carboxylic acids is 1. The molecule has 0 saturated carbocycles.